The molecule has 7 aromatic rings. The van der Waals surface area contributed by atoms with Crippen LogP contribution in [0.4, 0.5) is 17.1 Å². The number of nitrogen functional groups attached to an aromatic ring is 3. The van der Waals surface area contributed by atoms with Gasteiger partial charge in [-0.3, -0.25) is 32.5 Å². The molecule has 0 aromatic heterocycles. The minimum Gasteiger partial charge on any atom is -0.399 e. The predicted octanol–water partition coefficient (Wildman–Crippen LogP) is 13.9. The van der Waals surface area contributed by atoms with Crippen LogP contribution in [0.1, 0.15) is 0 Å². The van der Waals surface area contributed by atoms with Crippen LogP contribution in [0.25, 0.3) is 66.8 Å². The van der Waals surface area contributed by atoms with E-state index in [1.165, 1.54) is 0 Å². The average Bonchev–Trinajstić information content (AvgIpc) is 3.38. The summed E-state index contributed by atoms with van der Waals surface area (Å²) in [4.78, 5) is 0. The molecule has 0 radical (unpaired) electrons. The van der Waals surface area contributed by atoms with Crippen molar-refractivity contribution in [3.63, 3.8) is 0 Å². The van der Waals surface area contributed by atoms with Gasteiger partial charge in [0.25, 0.3) is 0 Å². The molecule has 0 aliphatic heterocycles. The van der Waals surface area contributed by atoms with Gasteiger partial charge in [-0.15, -0.1) is 0 Å². The highest BCUT2D eigenvalue weighted by molar-refractivity contribution is 6.49. The molecule has 12 N–H and O–H groups in total. The summed E-state index contributed by atoms with van der Waals surface area (Å²) >= 11 is 0. The van der Waals surface area contributed by atoms with Crippen molar-refractivity contribution in [2.45, 2.75) is 0 Å². The molecule has 0 spiro atoms. The van der Waals surface area contributed by atoms with Crippen molar-refractivity contribution in [3.8, 4) is 66.8 Å². The second-order valence-electron chi connectivity index (χ2n) is 15.9. The van der Waals surface area contributed by atoms with Crippen molar-refractivity contribution in [2.24, 2.45) is 0 Å². The van der Waals surface area contributed by atoms with Crippen LogP contribution < -0.4 is 17.2 Å². The maximum absolute atomic E-state index is 7.03. The smallest absolute Gasteiger partial charge is 0.0789 e. The summed E-state index contributed by atoms with van der Waals surface area (Å²) in [5, 5.41) is 42.2. The summed E-state index contributed by atoms with van der Waals surface area (Å²) in [6.45, 7) is 0. The van der Waals surface area contributed by atoms with Gasteiger partial charge in [-0.25, -0.2) is 0 Å². The third-order valence-electron chi connectivity index (χ3n) is 11.1. The maximum Gasteiger partial charge on any atom is 0.0789 e. The Bertz CT molecular complexity index is 2840. The Morgan fingerprint density at radius 1 is 0.217 bits per heavy atom. The van der Waals surface area contributed by atoms with E-state index >= 15 is 0 Å². The van der Waals surface area contributed by atoms with Crippen LogP contribution in [-0.2, 0) is 0 Å². The predicted molar refractivity (Wildman–Crippen MR) is 293 cm³/mol. The van der Waals surface area contributed by atoms with Gasteiger partial charge in [0, 0.05) is 17.1 Å². The lowest BCUT2D eigenvalue weighted by Gasteiger charge is -2.18. The number of hydrogen-bond donors (Lipinski definition) is 9. The Labute approximate surface area is 402 Å². The number of nitrogens with one attached hydrogen (secondary N) is 6. The van der Waals surface area contributed by atoms with Crippen LogP contribution in [-0.4, -0.2) is 34.3 Å². The lowest BCUT2D eigenvalue weighted by atomic mass is 9.86. The first-order valence-corrected chi connectivity index (χ1v) is 22.0. The van der Waals surface area contributed by atoms with Crippen molar-refractivity contribution in [1.82, 2.24) is 0 Å². The molecule has 9 nitrogen and oxygen atoms in total. The molecule has 336 valence electrons. The fraction of sp³-hybridized carbons (Fsp3) is 0. The van der Waals surface area contributed by atoms with Gasteiger partial charge >= 0.3 is 0 Å². The summed E-state index contributed by atoms with van der Waals surface area (Å²) < 4.78 is 0. The zero-order valence-electron chi connectivity index (χ0n) is 37.7. The van der Waals surface area contributed by atoms with Gasteiger partial charge in [0.2, 0.25) is 0 Å². The normalized spacial score (nSPS) is 13.2. The molecule has 0 unspecified atom stereocenters. The minimum absolute atomic E-state index is 0.285. The molecule has 0 amide bonds. The zero-order valence-corrected chi connectivity index (χ0v) is 37.7. The van der Waals surface area contributed by atoms with E-state index in [0.29, 0.717) is 0 Å². The highest BCUT2D eigenvalue weighted by atomic mass is 14.5. The van der Waals surface area contributed by atoms with Gasteiger partial charge in [0.05, 0.1) is 34.3 Å². The van der Waals surface area contributed by atoms with Crippen LogP contribution in [0.15, 0.2) is 237 Å². The molecular weight excluding hydrogens is 847 g/mol. The molecular formula is C60H51N9. The number of anilines is 3. The zero-order chi connectivity index (χ0) is 48.7. The third kappa shape index (κ3) is 12.4. The van der Waals surface area contributed by atoms with E-state index in [4.69, 9.17) is 49.7 Å². The maximum atomic E-state index is 7.03. The van der Waals surface area contributed by atoms with E-state index < -0.39 is 0 Å². The first-order valence-electron chi connectivity index (χ1n) is 22.0. The van der Waals surface area contributed by atoms with Crippen molar-refractivity contribution >= 4 is 51.3 Å². The van der Waals surface area contributed by atoms with Crippen molar-refractivity contribution in [1.29, 1.82) is 32.5 Å². The van der Waals surface area contributed by atoms with Gasteiger partial charge in [-0.1, -0.05) is 146 Å². The van der Waals surface area contributed by atoms with Gasteiger partial charge in [0.1, 0.15) is 0 Å². The lowest BCUT2D eigenvalue weighted by molar-refractivity contribution is 1.49. The van der Waals surface area contributed by atoms with E-state index in [-0.39, 0.29) is 34.3 Å². The highest BCUT2D eigenvalue weighted by Crippen LogP contribution is 2.42. The fourth-order valence-corrected chi connectivity index (χ4v) is 7.49. The molecule has 3 aliphatic rings. The second kappa shape index (κ2) is 22.5. The number of rotatable bonds is 6. The molecule has 9 heteroatoms. The monoisotopic (exact) mass is 897 g/mol. The van der Waals surface area contributed by atoms with E-state index in [1.54, 1.807) is 72.9 Å². The fourth-order valence-electron chi connectivity index (χ4n) is 7.49. The molecule has 0 saturated carbocycles. The Hall–Kier alpha value is -9.60. The van der Waals surface area contributed by atoms with Crippen LogP contribution in [0.2, 0.25) is 0 Å². The molecule has 0 saturated heterocycles. The largest absolute Gasteiger partial charge is 0.399 e. The van der Waals surface area contributed by atoms with Crippen LogP contribution in [0.3, 0.4) is 0 Å². The Balaban J connectivity index is 0.000000236. The molecule has 0 heterocycles. The molecule has 0 fully saturated rings. The number of hydrogen-bond acceptors (Lipinski definition) is 9. The first-order chi connectivity index (χ1) is 33.4. The Kier molecular flexibility index (Phi) is 15.5. The van der Waals surface area contributed by atoms with Crippen molar-refractivity contribution < 1.29 is 0 Å². The molecule has 10 rings (SSSR count). The summed E-state index contributed by atoms with van der Waals surface area (Å²) in [6.07, 6.45) is 20.1. The Morgan fingerprint density at radius 2 is 0.391 bits per heavy atom. The SMILES string of the molecule is N=C1C=CC=CC1=N.N=C1C=CC=CC1=N.N=C1C=CC=CC1=N.Nc1ccc(-c2ccccc2-c2cc(-c3ccccc3-c3ccc(N)cc3)cc(-c3ccccc3-c3ccc(N)cc3)c2)cc1. The minimum atomic E-state index is 0.285. The van der Waals surface area contributed by atoms with Crippen LogP contribution in [0.5, 0.6) is 0 Å². The summed E-state index contributed by atoms with van der Waals surface area (Å²) in [5.74, 6) is 0. The van der Waals surface area contributed by atoms with Gasteiger partial charge in [0.15, 0.2) is 0 Å². The number of benzene rings is 7. The topological polar surface area (TPSA) is 221 Å². The van der Waals surface area contributed by atoms with Crippen LogP contribution in [0, 0.1) is 32.5 Å². The van der Waals surface area contributed by atoms with E-state index in [2.05, 4.69) is 127 Å². The lowest BCUT2D eigenvalue weighted by Crippen LogP contribution is -2.06. The standard InChI is InChI=1S/C42H33N3.3C6H6N2/c43-34-19-13-28(14-20-34)37-7-1-4-10-40(37)31-25-32(41-11-5-2-8-38(41)29-15-21-35(44)22-16-29)27-33(26-31)42-12-6-3-9-39(42)30-17-23-36(45)24-18-30;3*7-5-3-1-2-4-6(5)8/h1-27H,43-45H2;3*1-4,7-8H. The first kappa shape index (κ1) is 47.4. The number of nitrogens with two attached hydrogens (primary N) is 3. The summed E-state index contributed by atoms with van der Waals surface area (Å²) in [5.41, 5.74) is 35.8. The molecule has 69 heavy (non-hydrogen) atoms. The Morgan fingerprint density at radius 3 is 0.565 bits per heavy atom. The van der Waals surface area contributed by atoms with E-state index in [0.717, 1.165) is 83.8 Å². The average molecular weight is 898 g/mol. The molecule has 7 aromatic carbocycles. The van der Waals surface area contributed by atoms with E-state index in [9.17, 15) is 0 Å². The van der Waals surface area contributed by atoms with Crippen molar-refractivity contribution in [3.05, 3.63) is 237 Å². The van der Waals surface area contributed by atoms with Crippen molar-refractivity contribution in [2.75, 3.05) is 17.2 Å². The molecule has 3 aliphatic carbocycles. The van der Waals surface area contributed by atoms with E-state index in [1.807, 2.05) is 36.4 Å². The molecule has 0 atom stereocenters. The van der Waals surface area contributed by atoms with Crippen LogP contribution >= 0.6 is 0 Å². The van der Waals surface area contributed by atoms with Gasteiger partial charge in [-0.2, -0.15) is 0 Å². The quantitative estimate of drug-likeness (QED) is 0.0588. The molecule has 0 bridgehead atoms. The summed E-state index contributed by atoms with van der Waals surface area (Å²) in [6, 6.07) is 56.9. The summed E-state index contributed by atoms with van der Waals surface area (Å²) in [7, 11) is 0. The third-order valence-corrected chi connectivity index (χ3v) is 11.1. The second-order valence-corrected chi connectivity index (χ2v) is 15.9. The van der Waals surface area contributed by atoms with Gasteiger partial charge < -0.3 is 17.2 Å². The van der Waals surface area contributed by atoms with Gasteiger partial charge in [-0.05, 0) is 158 Å². The number of allylic oxidation sites excluding steroid dienone is 12. The highest BCUT2D eigenvalue weighted by Gasteiger charge is 2.16.